The first-order valence-corrected chi connectivity index (χ1v) is 4.25. The van der Waals surface area contributed by atoms with Gasteiger partial charge in [-0.3, -0.25) is 4.68 Å². The van der Waals surface area contributed by atoms with Crippen molar-refractivity contribution in [3.05, 3.63) is 11.4 Å². The van der Waals surface area contributed by atoms with Crippen LogP contribution in [0, 0.1) is 0 Å². The van der Waals surface area contributed by atoms with Gasteiger partial charge < -0.3 is 0 Å². The van der Waals surface area contributed by atoms with Crippen molar-refractivity contribution in [1.82, 2.24) is 15.0 Å². The van der Waals surface area contributed by atoms with E-state index < -0.39 is 0 Å². The Hall–Kier alpha value is -0.795. The molecule has 2 rings (SSSR count). The zero-order chi connectivity index (χ0) is 7.68. The molecule has 11 heavy (non-hydrogen) atoms. The molecular weight excluding hydrogens is 137 g/mol. The predicted octanol–water partition coefficient (Wildman–Crippen LogP) is 0.116. The average molecular weight is 149 g/mol. The summed E-state index contributed by atoms with van der Waals surface area (Å²) in [6.45, 7) is 0. The third-order valence-corrected chi connectivity index (χ3v) is 2.35. The van der Waals surface area contributed by atoms with Gasteiger partial charge in [0.1, 0.15) is 7.28 Å². The molecule has 0 amide bonds. The van der Waals surface area contributed by atoms with Crippen LogP contribution in [0.1, 0.15) is 17.8 Å². The van der Waals surface area contributed by atoms with Crippen LogP contribution >= 0.6 is 0 Å². The Morgan fingerprint density at radius 2 is 2.45 bits per heavy atom. The van der Waals surface area contributed by atoms with E-state index in [0.717, 1.165) is 6.42 Å². The van der Waals surface area contributed by atoms with Gasteiger partial charge in [0.15, 0.2) is 0 Å². The Morgan fingerprint density at radius 3 is 3.36 bits per heavy atom. The van der Waals surface area contributed by atoms with E-state index in [1.54, 1.807) is 0 Å². The third-order valence-electron chi connectivity index (χ3n) is 2.35. The summed E-state index contributed by atoms with van der Waals surface area (Å²) in [5, 5.41) is 8.14. The van der Waals surface area contributed by atoms with E-state index in [4.69, 9.17) is 0 Å². The molecule has 1 aliphatic rings. The summed E-state index contributed by atoms with van der Waals surface area (Å²) in [7, 11) is 3.28. The molecule has 0 saturated carbocycles. The minimum atomic E-state index is 1.13. The molecule has 4 heteroatoms. The van der Waals surface area contributed by atoms with E-state index >= 15 is 0 Å². The lowest BCUT2D eigenvalue weighted by atomic mass is 9.70. The van der Waals surface area contributed by atoms with Crippen molar-refractivity contribution in [2.45, 2.75) is 25.5 Å². The van der Waals surface area contributed by atoms with Crippen LogP contribution in [-0.2, 0) is 19.8 Å². The Morgan fingerprint density at radius 1 is 1.55 bits per heavy atom. The molecular formula is C7H12BN3. The van der Waals surface area contributed by atoms with Crippen LogP contribution in [0.3, 0.4) is 0 Å². The molecule has 58 valence electrons. The molecule has 1 aromatic heterocycles. The van der Waals surface area contributed by atoms with Crippen molar-refractivity contribution in [3.8, 4) is 0 Å². The fourth-order valence-corrected chi connectivity index (χ4v) is 1.68. The summed E-state index contributed by atoms with van der Waals surface area (Å²) in [6.07, 6.45) is 4.92. The van der Waals surface area contributed by atoms with Gasteiger partial charge in [0.2, 0.25) is 0 Å². The van der Waals surface area contributed by atoms with Gasteiger partial charge in [0.25, 0.3) is 0 Å². The highest BCUT2D eigenvalue weighted by Crippen LogP contribution is 2.13. The van der Waals surface area contributed by atoms with Crippen LogP contribution in [0.5, 0.6) is 0 Å². The molecule has 0 N–H and O–H groups in total. The van der Waals surface area contributed by atoms with Gasteiger partial charge >= 0.3 is 0 Å². The maximum Gasteiger partial charge on any atom is 0.127 e. The topological polar surface area (TPSA) is 30.7 Å². The molecule has 0 bridgehead atoms. The molecule has 0 radical (unpaired) electrons. The summed E-state index contributed by atoms with van der Waals surface area (Å²) >= 11 is 0. The Balaban J connectivity index is 2.35. The van der Waals surface area contributed by atoms with Crippen LogP contribution in [0.15, 0.2) is 0 Å². The van der Waals surface area contributed by atoms with Gasteiger partial charge in [-0.15, -0.1) is 5.10 Å². The molecule has 0 aliphatic carbocycles. The van der Waals surface area contributed by atoms with Gasteiger partial charge in [-0.1, -0.05) is 18.0 Å². The summed E-state index contributed by atoms with van der Waals surface area (Å²) < 4.78 is 1.92. The molecule has 3 nitrogen and oxygen atoms in total. The number of hydrogen-bond donors (Lipinski definition) is 0. The number of fused-ring (bicyclic) bond motifs is 1. The molecule has 1 aromatic rings. The first-order valence-electron chi connectivity index (χ1n) is 4.25. The quantitative estimate of drug-likeness (QED) is 0.490. The van der Waals surface area contributed by atoms with Gasteiger partial charge in [-0.25, -0.2) is 0 Å². The molecule has 0 fully saturated rings. The maximum absolute atomic E-state index is 4.13. The van der Waals surface area contributed by atoms with E-state index in [2.05, 4.69) is 10.3 Å². The lowest BCUT2D eigenvalue weighted by Crippen LogP contribution is -2.02. The molecule has 0 saturated heterocycles. The van der Waals surface area contributed by atoms with E-state index in [1.165, 1.54) is 37.7 Å². The van der Waals surface area contributed by atoms with E-state index in [-0.39, 0.29) is 0 Å². The van der Waals surface area contributed by atoms with Crippen LogP contribution in [0.25, 0.3) is 0 Å². The summed E-state index contributed by atoms with van der Waals surface area (Å²) in [6, 6.07) is 0. The second-order valence-electron chi connectivity index (χ2n) is 3.17. The van der Waals surface area contributed by atoms with Crippen molar-refractivity contribution in [2.75, 3.05) is 0 Å². The Kier molecular flexibility index (Phi) is 1.68. The van der Waals surface area contributed by atoms with E-state index in [0.29, 0.717) is 0 Å². The fraction of sp³-hybridized carbons (Fsp3) is 0.714. The smallest absolute Gasteiger partial charge is 0.127 e. The van der Waals surface area contributed by atoms with Crippen molar-refractivity contribution < 1.29 is 0 Å². The molecule has 0 spiro atoms. The molecule has 0 unspecified atom stereocenters. The Bertz CT molecular complexity index is 256. The van der Waals surface area contributed by atoms with Crippen molar-refractivity contribution in [1.29, 1.82) is 0 Å². The van der Waals surface area contributed by atoms with Gasteiger partial charge in [0.05, 0.1) is 11.4 Å². The maximum atomic E-state index is 4.13. The Labute approximate surface area is 67.0 Å². The minimum absolute atomic E-state index is 1.13. The lowest BCUT2D eigenvalue weighted by molar-refractivity contribution is 0.691. The highest BCUT2D eigenvalue weighted by atomic mass is 15.4. The molecule has 0 atom stereocenters. The second kappa shape index (κ2) is 2.68. The number of nitrogens with zero attached hydrogens (tertiary/aromatic N) is 3. The average Bonchev–Trinajstić information content (AvgIpc) is 2.25. The molecule has 2 heterocycles. The van der Waals surface area contributed by atoms with Crippen LogP contribution in [-0.4, -0.2) is 22.3 Å². The largest absolute Gasteiger partial charge is 0.253 e. The van der Waals surface area contributed by atoms with Gasteiger partial charge in [-0.05, 0) is 12.7 Å². The summed E-state index contributed by atoms with van der Waals surface area (Å²) in [5.74, 6) is 0. The highest BCUT2D eigenvalue weighted by molar-refractivity contribution is 6.34. The zero-order valence-electron chi connectivity index (χ0n) is 6.88. The van der Waals surface area contributed by atoms with Gasteiger partial charge in [-0.2, -0.15) is 0 Å². The first kappa shape index (κ1) is 6.89. The molecule has 0 aromatic carbocycles. The number of aromatic nitrogens is 3. The predicted molar refractivity (Wildman–Crippen MR) is 45.0 cm³/mol. The van der Waals surface area contributed by atoms with Gasteiger partial charge in [0, 0.05) is 7.05 Å². The molecule has 1 aliphatic heterocycles. The monoisotopic (exact) mass is 149 g/mol. The lowest BCUT2D eigenvalue weighted by Gasteiger charge is -1.96. The first-order chi connectivity index (χ1) is 5.38. The standard InChI is InChI=1S/C7H12BN3/c1-11-7-5-8-4-2-3-6(7)9-10-11/h8H,2-5H2,1H3. The number of rotatable bonds is 0. The number of aryl methyl sites for hydroxylation is 2. The van der Waals surface area contributed by atoms with Crippen molar-refractivity contribution in [2.24, 2.45) is 7.05 Å². The SMILES string of the molecule is Cn1nnc2c1CBCCC2. The minimum Gasteiger partial charge on any atom is -0.253 e. The third kappa shape index (κ3) is 1.17. The normalized spacial score (nSPS) is 16.8. The van der Waals surface area contributed by atoms with E-state index in [1.807, 2.05) is 11.7 Å². The van der Waals surface area contributed by atoms with Crippen molar-refractivity contribution >= 4 is 7.28 Å². The fourth-order valence-electron chi connectivity index (χ4n) is 1.68. The van der Waals surface area contributed by atoms with E-state index in [9.17, 15) is 0 Å². The number of hydrogen-bond acceptors (Lipinski definition) is 2. The summed E-state index contributed by atoms with van der Waals surface area (Å²) in [4.78, 5) is 0. The summed E-state index contributed by atoms with van der Waals surface area (Å²) in [5.41, 5.74) is 2.58. The van der Waals surface area contributed by atoms with Crippen LogP contribution in [0.4, 0.5) is 0 Å². The van der Waals surface area contributed by atoms with Crippen molar-refractivity contribution in [3.63, 3.8) is 0 Å². The highest BCUT2D eigenvalue weighted by Gasteiger charge is 2.13. The van der Waals surface area contributed by atoms with Crippen LogP contribution < -0.4 is 0 Å². The van der Waals surface area contributed by atoms with Crippen LogP contribution in [0.2, 0.25) is 6.32 Å². The zero-order valence-corrected chi connectivity index (χ0v) is 6.88. The second-order valence-corrected chi connectivity index (χ2v) is 3.17.